The van der Waals surface area contributed by atoms with Gasteiger partial charge in [0.15, 0.2) is 5.11 Å². The molecule has 0 saturated carbocycles. The molecule has 2 N–H and O–H groups in total. The van der Waals surface area contributed by atoms with Gasteiger partial charge in [-0.3, -0.25) is 5.43 Å². The molecule has 0 bridgehead atoms. The zero-order valence-corrected chi connectivity index (χ0v) is 16.6. The molecule has 2 rings (SSSR count). The van der Waals surface area contributed by atoms with Crippen molar-refractivity contribution in [3.05, 3.63) is 59.7 Å². The highest BCUT2D eigenvalue weighted by Gasteiger charge is 2.02. The molecule has 0 aliphatic heterocycles. The lowest BCUT2D eigenvalue weighted by molar-refractivity contribution is 0.792. The number of hydrogen-bond acceptors (Lipinski definition) is 3. The van der Waals surface area contributed by atoms with Gasteiger partial charge in [0.1, 0.15) is 0 Å². The minimum Gasteiger partial charge on any atom is -0.372 e. The highest BCUT2D eigenvalue weighted by molar-refractivity contribution is 7.80. The number of benzene rings is 2. The minimum atomic E-state index is 0.474. The predicted octanol–water partition coefficient (Wildman–Crippen LogP) is 4.81. The van der Waals surface area contributed by atoms with Crippen molar-refractivity contribution in [3.8, 4) is 0 Å². The van der Waals surface area contributed by atoms with E-state index < -0.39 is 0 Å². The Morgan fingerprint density at radius 3 is 2.31 bits per heavy atom. The second-order valence-electron chi connectivity index (χ2n) is 6.05. The van der Waals surface area contributed by atoms with Crippen molar-refractivity contribution < 1.29 is 0 Å². The average Bonchev–Trinajstić information content (AvgIpc) is 2.67. The van der Waals surface area contributed by atoms with E-state index in [1.807, 2.05) is 12.1 Å². The SMILES string of the molecule is CCCN(CC)c1ccc(/C=N/NC(=S)Nc2ccc(CC)cc2)cc1. The summed E-state index contributed by atoms with van der Waals surface area (Å²) >= 11 is 5.27. The number of nitrogens with zero attached hydrogens (tertiary/aromatic N) is 2. The maximum absolute atomic E-state index is 5.27. The number of rotatable bonds is 8. The van der Waals surface area contributed by atoms with Crippen LogP contribution in [-0.4, -0.2) is 24.4 Å². The standard InChI is InChI=1S/C21H28N4S/c1-4-15-25(6-3)20-13-9-18(10-14-20)16-22-24-21(26)23-19-11-7-17(5-2)8-12-19/h7-14,16H,4-6,15H2,1-3H3,(H2,23,24,26)/b22-16+. The van der Waals surface area contributed by atoms with Crippen LogP contribution in [0, 0.1) is 0 Å². The van der Waals surface area contributed by atoms with Gasteiger partial charge in [-0.05, 0) is 67.4 Å². The maximum Gasteiger partial charge on any atom is 0.191 e. The first-order valence-electron chi connectivity index (χ1n) is 9.20. The smallest absolute Gasteiger partial charge is 0.191 e. The van der Waals surface area contributed by atoms with Crippen LogP contribution in [0.25, 0.3) is 0 Å². The molecule has 0 amide bonds. The van der Waals surface area contributed by atoms with Crippen molar-refractivity contribution in [1.29, 1.82) is 0 Å². The number of aryl methyl sites for hydroxylation is 1. The van der Waals surface area contributed by atoms with E-state index in [1.165, 1.54) is 11.3 Å². The molecule has 0 saturated heterocycles. The van der Waals surface area contributed by atoms with E-state index in [0.717, 1.165) is 37.2 Å². The van der Waals surface area contributed by atoms with Gasteiger partial charge in [0, 0.05) is 24.5 Å². The summed E-state index contributed by atoms with van der Waals surface area (Å²) in [6, 6.07) is 16.6. The van der Waals surface area contributed by atoms with Crippen LogP contribution in [0.15, 0.2) is 53.6 Å². The van der Waals surface area contributed by atoms with Crippen molar-refractivity contribution in [2.75, 3.05) is 23.3 Å². The molecule has 2 aromatic carbocycles. The first-order chi connectivity index (χ1) is 12.7. The lowest BCUT2D eigenvalue weighted by Crippen LogP contribution is -2.24. The second kappa shape index (κ2) is 10.6. The van der Waals surface area contributed by atoms with E-state index in [2.05, 4.69) is 77.9 Å². The Hall–Kier alpha value is -2.40. The molecule has 0 fully saturated rings. The summed E-state index contributed by atoms with van der Waals surface area (Å²) in [6.45, 7) is 8.61. The third kappa shape index (κ3) is 6.15. The molecular weight excluding hydrogens is 340 g/mol. The fourth-order valence-electron chi connectivity index (χ4n) is 2.66. The van der Waals surface area contributed by atoms with Gasteiger partial charge in [-0.2, -0.15) is 5.10 Å². The molecule has 4 nitrogen and oxygen atoms in total. The zero-order chi connectivity index (χ0) is 18.8. The molecule has 5 heteroatoms. The third-order valence-electron chi connectivity index (χ3n) is 4.13. The molecule has 0 atom stereocenters. The number of hydrazone groups is 1. The molecule has 26 heavy (non-hydrogen) atoms. The van der Waals surface area contributed by atoms with Crippen LogP contribution in [0.2, 0.25) is 0 Å². The van der Waals surface area contributed by atoms with Gasteiger partial charge in [0.05, 0.1) is 6.21 Å². The Labute approximate surface area is 162 Å². The number of thiocarbonyl (C=S) groups is 1. The Balaban J connectivity index is 1.85. The summed E-state index contributed by atoms with van der Waals surface area (Å²) in [4.78, 5) is 2.36. The van der Waals surface area contributed by atoms with Gasteiger partial charge < -0.3 is 10.2 Å². The normalized spacial score (nSPS) is 10.7. The summed E-state index contributed by atoms with van der Waals surface area (Å²) < 4.78 is 0. The third-order valence-corrected chi connectivity index (χ3v) is 4.33. The summed E-state index contributed by atoms with van der Waals surface area (Å²) in [7, 11) is 0. The van der Waals surface area contributed by atoms with Crippen molar-refractivity contribution >= 4 is 34.9 Å². The molecule has 0 spiro atoms. The Morgan fingerprint density at radius 2 is 1.73 bits per heavy atom. The summed E-state index contributed by atoms with van der Waals surface area (Å²) in [5.74, 6) is 0. The Bertz CT molecular complexity index is 708. The number of hydrogen-bond donors (Lipinski definition) is 2. The number of anilines is 2. The van der Waals surface area contributed by atoms with Crippen LogP contribution in [0.4, 0.5) is 11.4 Å². The van der Waals surface area contributed by atoms with Crippen molar-refractivity contribution in [2.45, 2.75) is 33.6 Å². The van der Waals surface area contributed by atoms with Gasteiger partial charge in [-0.1, -0.05) is 38.1 Å². The molecule has 2 aromatic rings. The topological polar surface area (TPSA) is 39.7 Å². The molecular formula is C21H28N4S. The summed E-state index contributed by atoms with van der Waals surface area (Å²) in [5.41, 5.74) is 7.39. The van der Waals surface area contributed by atoms with E-state index in [0.29, 0.717) is 5.11 Å². The summed E-state index contributed by atoms with van der Waals surface area (Å²) in [5, 5.41) is 7.81. The fraction of sp³-hybridized carbons (Fsp3) is 0.333. The van der Waals surface area contributed by atoms with Gasteiger partial charge in [0.2, 0.25) is 0 Å². The average molecular weight is 369 g/mol. The lowest BCUT2D eigenvalue weighted by atomic mass is 10.1. The predicted molar refractivity (Wildman–Crippen MR) is 117 cm³/mol. The van der Waals surface area contributed by atoms with Gasteiger partial charge in [-0.15, -0.1) is 0 Å². The highest BCUT2D eigenvalue weighted by Crippen LogP contribution is 2.15. The van der Waals surface area contributed by atoms with E-state index in [4.69, 9.17) is 12.2 Å². The Kier molecular flexibility index (Phi) is 8.09. The van der Waals surface area contributed by atoms with E-state index in [9.17, 15) is 0 Å². The molecule has 138 valence electrons. The van der Waals surface area contributed by atoms with Gasteiger partial charge in [-0.25, -0.2) is 0 Å². The van der Waals surface area contributed by atoms with Gasteiger partial charge >= 0.3 is 0 Å². The van der Waals surface area contributed by atoms with Gasteiger partial charge in [0.25, 0.3) is 0 Å². The van der Waals surface area contributed by atoms with E-state index in [-0.39, 0.29) is 0 Å². The molecule has 0 radical (unpaired) electrons. The van der Waals surface area contributed by atoms with E-state index >= 15 is 0 Å². The van der Waals surface area contributed by atoms with Crippen LogP contribution in [0.1, 0.15) is 38.3 Å². The quantitative estimate of drug-likeness (QED) is 0.399. The zero-order valence-electron chi connectivity index (χ0n) is 15.8. The molecule has 0 aromatic heterocycles. The van der Waals surface area contributed by atoms with E-state index in [1.54, 1.807) is 6.21 Å². The van der Waals surface area contributed by atoms with Crippen LogP contribution < -0.4 is 15.6 Å². The fourth-order valence-corrected chi connectivity index (χ4v) is 2.83. The molecule has 0 unspecified atom stereocenters. The Morgan fingerprint density at radius 1 is 1.04 bits per heavy atom. The highest BCUT2D eigenvalue weighted by atomic mass is 32.1. The second-order valence-corrected chi connectivity index (χ2v) is 6.45. The lowest BCUT2D eigenvalue weighted by Gasteiger charge is -2.22. The molecule has 0 heterocycles. The van der Waals surface area contributed by atoms with Crippen molar-refractivity contribution in [2.24, 2.45) is 5.10 Å². The van der Waals surface area contributed by atoms with Crippen LogP contribution in [0.5, 0.6) is 0 Å². The first kappa shape index (κ1) is 19.9. The molecule has 0 aliphatic rings. The van der Waals surface area contributed by atoms with Crippen molar-refractivity contribution in [1.82, 2.24) is 5.43 Å². The van der Waals surface area contributed by atoms with Crippen LogP contribution in [0.3, 0.4) is 0 Å². The van der Waals surface area contributed by atoms with Crippen molar-refractivity contribution in [3.63, 3.8) is 0 Å². The van der Waals surface area contributed by atoms with Crippen LogP contribution in [-0.2, 0) is 6.42 Å². The maximum atomic E-state index is 5.27. The summed E-state index contributed by atoms with van der Waals surface area (Å²) in [6.07, 6.45) is 3.95. The minimum absolute atomic E-state index is 0.474. The van der Waals surface area contributed by atoms with Crippen LogP contribution >= 0.6 is 12.2 Å². The molecule has 0 aliphatic carbocycles. The monoisotopic (exact) mass is 368 g/mol. The first-order valence-corrected chi connectivity index (χ1v) is 9.61. The number of nitrogens with one attached hydrogen (secondary N) is 2. The largest absolute Gasteiger partial charge is 0.372 e.